The van der Waals surface area contributed by atoms with Crippen molar-refractivity contribution in [1.29, 1.82) is 0 Å². The Labute approximate surface area is 133 Å². The SMILES string of the molecule is C=C1CO[C@@](c2ccc3ccccc3c2)(C(F)(F)F)[C@H]1C(F)(F)F. The number of hydrogen-bond donors (Lipinski definition) is 0. The fraction of sp³-hybridized carbons (Fsp3) is 0.294. The van der Waals surface area contributed by atoms with E-state index in [0.29, 0.717) is 10.8 Å². The molecule has 2 aromatic carbocycles. The first-order valence-electron chi connectivity index (χ1n) is 7.02. The van der Waals surface area contributed by atoms with E-state index in [1.165, 1.54) is 12.1 Å². The molecule has 0 saturated carbocycles. The van der Waals surface area contributed by atoms with E-state index in [0.717, 1.165) is 12.1 Å². The van der Waals surface area contributed by atoms with Crippen LogP contribution in [0, 0.1) is 5.92 Å². The van der Waals surface area contributed by atoms with E-state index in [9.17, 15) is 26.3 Å². The molecular weight excluding hydrogens is 334 g/mol. The predicted molar refractivity (Wildman–Crippen MR) is 76.3 cm³/mol. The smallest absolute Gasteiger partial charge is 0.356 e. The second kappa shape index (κ2) is 5.24. The van der Waals surface area contributed by atoms with Gasteiger partial charge in [-0.3, -0.25) is 0 Å². The Balaban J connectivity index is 2.28. The van der Waals surface area contributed by atoms with Crippen LogP contribution in [0.15, 0.2) is 54.6 Å². The molecule has 0 aliphatic carbocycles. The second-order valence-electron chi connectivity index (χ2n) is 5.72. The van der Waals surface area contributed by atoms with Gasteiger partial charge in [-0.05, 0) is 28.0 Å². The van der Waals surface area contributed by atoms with Crippen molar-refractivity contribution in [3.05, 3.63) is 60.2 Å². The molecule has 1 fully saturated rings. The van der Waals surface area contributed by atoms with Gasteiger partial charge in [-0.15, -0.1) is 0 Å². The summed E-state index contributed by atoms with van der Waals surface area (Å²) < 4.78 is 86.3. The van der Waals surface area contributed by atoms with Crippen LogP contribution in [0.3, 0.4) is 0 Å². The average molecular weight is 346 g/mol. The van der Waals surface area contributed by atoms with Gasteiger partial charge in [0.15, 0.2) is 0 Å². The molecule has 3 rings (SSSR count). The van der Waals surface area contributed by atoms with Crippen LogP contribution in [0.2, 0.25) is 0 Å². The fourth-order valence-corrected chi connectivity index (χ4v) is 3.20. The first-order chi connectivity index (χ1) is 11.1. The molecule has 0 spiro atoms. The van der Waals surface area contributed by atoms with Crippen molar-refractivity contribution in [2.24, 2.45) is 5.92 Å². The van der Waals surface area contributed by atoms with Crippen LogP contribution in [0.25, 0.3) is 10.8 Å². The molecule has 1 saturated heterocycles. The summed E-state index contributed by atoms with van der Waals surface area (Å²) in [5, 5.41) is 1.03. The maximum Gasteiger partial charge on any atom is 0.422 e. The molecule has 24 heavy (non-hydrogen) atoms. The molecule has 2 atom stereocenters. The zero-order valence-corrected chi connectivity index (χ0v) is 12.2. The number of benzene rings is 2. The van der Waals surface area contributed by atoms with Crippen LogP contribution in [0.4, 0.5) is 26.3 Å². The molecule has 7 heteroatoms. The third kappa shape index (κ3) is 2.38. The van der Waals surface area contributed by atoms with Gasteiger partial charge < -0.3 is 4.74 Å². The number of halogens is 6. The summed E-state index contributed by atoms with van der Waals surface area (Å²) in [6, 6.07) is 9.98. The van der Waals surface area contributed by atoms with Gasteiger partial charge in [0.2, 0.25) is 5.60 Å². The Morgan fingerprint density at radius 3 is 2.17 bits per heavy atom. The molecule has 1 aliphatic rings. The quantitative estimate of drug-likeness (QED) is 0.499. The zero-order chi connectivity index (χ0) is 17.8. The molecule has 0 bridgehead atoms. The van der Waals surface area contributed by atoms with Gasteiger partial charge >= 0.3 is 12.4 Å². The minimum absolute atomic E-state index is 0.403. The highest BCUT2D eigenvalue weighted by molar-refractivity contribution is 5.83. The van der Waals surface area contributed by atoms with Crippen LogP contribution in [0.1, 0.15) is 5.56 Å². The molecule has 1 heterocycles. The molecule has 0 N–H and O–H groups in total. The highest BCUT2D eigenvalue weighted by atomic mass is 19.4. The highest BCUT2D eigenvalue weighted by Gasteiger charge is 2.72. The molecule has 2 aromatic rings. The molecule has 128 valence electrons. The Morgan fingerprint density at radius 2 is 1.58 bits per heavy atom. The van der Waals surface area contributed by atoms with Crippen LogP contribution in [0.5, 0.6) is 0 Å². The van der Waals surface area contributed by atoms with Gasteiger partial charge in [0, 0.05) is 0 Å². The number of rotatable bonds is 1. The summed E-state index contributed by atoms with van der Waals surface area (Å²) in [6.07, 6.45) is -10.4. The van der Waals surface area contributed by atoms with E-state index in [4.69, 9.17) is 4.74 Å². The summed E-state index contributed by atoms with van der Waals surface area (Å²) >= 11 is 0. The van der Waals surface area contributed by atoms with Gasteiger partial charge in [0.1, 0.15) is 5.92 Å². The minimum atomic E-state index is -5.25. The van der Waals surface area contributed by atoms with E-state index < -0.39 is 41.6 Å². The molecule has 0 unspecified atom stereocenters. The molecule has 0 radical (unpaired) electrons. The minimum Gasteiger partial charge on any atom is -0.356 e. The zero-order valence-electron chi connectivity index (χ0n) is 12.2. The van der Waals surface area contributed by atoms with E-state index >= 15 is 0 Å². The van der Waals surface area contributed by atoms with Gasteiger partial charge in [-0.1, -0.05) is 43.0 Å². The third-order valence-electron chi connectivity index (χ3n) is 4.23. The van der Waals surface area contributed by atoms with Crippen molar-refractivity contribution in [2.75, 3.05) is 6.61 Å². The Hall–Kier alpha value is -2.02. The lowest BCUT2D eigenvalue weighted by Crippen LogP contribution is -2.51. The monoisotopic (exact) mass is 346 g/mol. The normalized spacial score (nSPS) is 25.4. The van der Waals surface area contributed by atoms with E-state index in [1.54, 1.807) is 18.2 Å². The van der Waals surface area contributed by atoms with Crippen LogP contribution in [-0.4, -0.2) is 19.0 Å². The molecule has 0 amide bonds. The first-order valence-corrected chi connectivity index (χ1v) is 7.02. The van der Waals surface area contributed by atoms with Crippen molar-refractivity contribution in [3.63, 3.8) is 0 Å². The van der Waals surface area contributed by atoms with Crippen LogP contribution in [-0.2, 0) is 10.3 Å². The molecule has 0 aromatic heterocycles. The maximum absolute atomic E-state index is 13.8. The van der Waals surface area contributed by atoms with Crippen LogP contribution >= 0.6 is 0 Å². The van der Waals surface area contributed by atoms with Gasteiger partial charge in [-0.2, -0.15) is 26.3 Å². The standard InChI is InChI=1S/C17H12F6O/c1-10-9-24-15(17(21,22)23,14(10)16(18,19)20)13-7-6-11-4-2-3-5-12(11)8-13/h2-8,14H,1,9H2/t14-,15+/m0/s1. The van der Waals surface area contributed by atoms with Gasteiger partial charge in [0.05, 0.1) is 6.61 Å². The lowest BCUT2D eigenvalue weighted by atomic mass is 9.78. The van der Waals surface area contributed by atoms with Crippen molar-refractivity contribution >= 4 is 10.8 Å². The topological polar surface area (TPSA) is 9.23 Å². The van der Waals surface area contributed by atoms with E-state index in [-0.39, 0.29) is 0 Å². The molecule has 1 nitrogen and oxygen atoms in total. The lowest BCUT2D eigenvalue weighted by Gasteiger charge is -2.37. The molecule has 1 aliphatic heterocycles. The number of alkyl halides is 6. The average Bonchev–Trinajstić information content (AvgIpc) is 2.85. The molecular formula is C17H12F6O. The maximum atomic E-state index is 13.8. The Bertz CT molecular complexity index is 792. The van der Waals surface area contributed by atoms with E-state index in [2.05, 4.69) is 6.58 Å². The highest BCUT2D eigenvalue weighted by Crippen LogP contribution is 2.58. The summed E-state index contributed by atoms with van der Waals surface area (Å²) in [4.78, 5) is 0. The summed E-state index contributed by atoms with van der Waals surface area (Å²) in [6.45, 7) is 2.36. The van der Waals surface area contributed by atoms with Crippen molar-refractivity contribution in [2.45, 2.75) is 18.0 Å². The van der Waals surface area contributed by atoms with Crippen molar-refractivity contribution in [1.82, 2.24) is 0 Å². The number of hydrogen-bond acceptors (Lipinski definition) is 1. The van der Waals surface area contributed by atoms with Gasteiger partial charge in [-0.25, -0.2) is 0 Å². The largest absolute Gasteiger partial charge is 0.422 e. The Morgan fingerprint density at radius 1 is 0.958 bits per heavy atom. The first kappa shape index (κ1) is 16.8. The number of ether oxygens (including phenoxy) is 1. The van der Waals surface area contributed by atoms with Gasteiger partial charge in [0.25, 0.3) is 0 Å². The predicted octanol–water partition coefficient (Wildman–Crippen LogP) is 5.36. The van der Waals surface area contributed by atoms with Crippen LogP contribution < -0.4 is 0 Å². The van der Waals surface area contributed by atoms with Crippen molar-refractivity contribution in [3.8, 4) is 0 Å². The van der Waals surface area contributed by atoms with Crippen molar-refractivity contribution < 1.29 is 31.1 Å². The second-order valence-corrected chi connectivity index (χ2v) is 5.72. The summed E-state index contributed by atoms with van der Waals surface area (Å²) in [5.41, 5.74) is -4.69. The summed E-state index contributed by atoms with van der Waals surface area (Å²) in [5.74, 6) is -2.84. The summed E-state index contributed by atoms with van der Waals surface area (Å²) in [7, 11) is 0. The number of fused-ring (bicyclic) bond motifs is 1. The Kier molecular flexibility index (Phi) is 3.67. The van der Waals surface area contributed by atoms with E-state index in [1.807, 2.05) is 0 Å². The lowest BCUT2D eigenvalue weighted by molar-refractivity contribution is -0.317. The fourth-order valence-electron chi connectivity index (χ4n) is 3.20. The third-order valence-corrected chi connectivity index (χ3v) is 4.23.